The Hall–Kier alpha value is -1.55. The molecule has 1 aromatic rings. The molecule has 0 aliphatic carbocycles. The van der Waals surface area contributed by atoms with Crippen molar-refractivity contribution >= 4 is 11.8 Å². The molecule has 0 heterocycles. The fourth-order valence-corrected chi connectivity index (χ4v) is 1.95. The second-order valence-corrected chi connectivity index (χ2v) is 6.39. The van der Waals surface area contributed by atoms with Crippen LogP contribution in [0.5, 0.6) is 0 Å². The molecule has 0 radical (unpaired) electrons. The molecule has 2 N–H and O–H groups in total. The van der Waals surface area contributed by atoms with E-state index in [1.807, 2.05) is 45.0 Å². The van der Waals surface area contributed by atoms with E-state index in [0.29, 0.717) is 6.04 Å². The number of amides is 1. The Morgan fingerprint density at radius 2 is 1.86 bits per heavy atom. The molecule has 1 aromatic carbocycles. The molecule has 0 bridgehead atoms. The molecular formula is C17H28N2O2. The number of hydrogen-bond acceptors (Lipinski definition) is 3. The van der Waals surface area contributed by atoms with Crippen molar-refractivity contribution in [2.75, 3.05) is 5.32 Å². The van der Waals surface area contributed by atoms with E-state index in [0.717, 1.165) is 12.2 Å². The number of carbonyl (C=O) groups excluding carboxylic acids is 1. The lowest BCUT2D eigenvalue weighted by Gasteiger charge is -2.19. The number of hydrogen-bond donors (Lipinski definition) is 2. The SMILES string of the molecule is CCCC(C)NCc1ccc(NC(=O)OC(C)(C)C)cc1. The van der Waals surface area contributed by atoms with E-state index in [4.69, 9.17) is 4.74 Å². The molecule has 0 aliphatic rings. The van der Waals surface area contributed by atoms with Crippen molar-refractivity contribution < 1.29 is 9.53 Å². The molecule has 0 fully saturated rings. The van der Waals surface area contributed by atoms with Gasteiger partial charge < -0.3 is 10.1 Å². The highest BCUT2D eigenvalue weighted by Crippen LogP contribution is 2.13. The number of rotatable bonds is 6. The fraction of sp³-hybridized carbons (Fsp3) is 0.588. The number of carbonyl (C=O) groups is 1. The van der Waals surface area contributed by atoms with Crippen LogP contribution in [-0.4, -0.2) is 17.7 Å². The average molecular weight is 292 g/mol. The van der Waals surface area contributed by atoms with Crippen molar-refractivity contribution in [2.45, 2.75) is 65.6 Å². The predicted molar refractivity (Wildman–Crippen MR) is 87.5 cm³/mol. The maximum Gasteiger partial charge on any atom is 0.412 e. The Labute approximate surface area is 128 Å². The Morgan fingerprint density at radius 3 is 2.38 bits per heavy atom. The van der Waals surface area contributed by atoms with Gasteiger partial charge in [-0.15, -0.1) is 0 Å². The van der Waals surface area contributed by atoms with Gasteiger partial charge in [-0.2, -0.15) is 0 Å². The van der Waals surface area contributed by atoms with Gasteiger partial charge in [0.15, 0.2) is 0 Å². The van der Waals surface area contributed by atoms with E-state index < -0.39 is 11.7 Å². The second kappa shape index (κ2) is 8.03. The topological polar surface area (TPSA) is 50.4 Å². The van der Waals surface area contributed by atoms with Crippen LogP contribution in [-0.2, 0) is 11.3 Å². The molecule has 1 unspecified atom stereocenters. The molecule has 1 atom stereocenters. The minimum atomic E-state index is -0.483. The van der Waals surface area contributed by atoms with E-state index in [1.165, 1.54) is 18.4 Å². The first-order valence-corrected chi connectivity index (χ1v) is 7.62. The van der Waals surface area contributed by atoms with E-state index in [-0.39, 0.29) is 0 Å². The van der Waals surface area contributed by atoms with Gasteiger partial charge in [0.2, 0.25) is 0 Å². The van der Waals surface area contributed by atoms with Crippen LogP contribution in [0, 0.1) is 0 Å². The van der Waals surface area contributed by atoms with Gasteiger partial charge in [-0.3, -0.25) is 5.32 Å². The molecular weight excluding hydrogens is 264 g/mol. The van der Waals surface area contributed by atoms with Crippen molar-refractivity contribution in [1.82, 2.24) is 5.32 Å². The van der Waals surface area contributed by atoms with Gasteiger partial charge >= 0.3 is 6.09 Å². The van der Waals surface area contributed by atoms with Crippen LogP contribution in [0.4, 0.5) is 10.5 Å². The van der Waals surface area contributed by atoms with Gasteiger partial charge in [0.05, 0.1) is 0 Å². The Kier molecular flexibility index (Phi) is 6.69. The molecule has 4 nitrogen and oxygen atoms in total. The molecule has 0 aromatic heterocycles. The summed E-state index contributed by atoms with van der Waals surface area (Å²) in [5.41, 5.74) is 1.46. The first-order valence-electron chi connectivity index (χ1n) is 7.62. The summed E-state index contributed by atoms with van der Waals surface area (Å²) in [4.78, 5) is 11.7. The molecule has 1 rings (SSSR count). The zero-order valence-corrected chi connectivity index (χ0v) is 13.8. The van der Waals surface area contributed by atoms with Gasteiger partial charge in [0.1, 0.15) is 5.60 Å². The molecule has 118 valence electrons. The minimum absolute atomic E-state index is 0.426. The Bertz CT molecular complexity index is 435. The molecule has 0 aliphatic heterocycles. The van der Waals surface area contributed by atoms with E-state index in [2.05, 4.69) is 24.5 Å². The largest absolute Gasteiger partial charge is 0.444 e. The maximum atomic E-state index is 11.7. The summed E-state index contributed by atoms with van der Waals surface area (Å²) in [5, 5.41) is 6.21. The number of ether oxygens (including phenoxy) is 1. The summed E-state index contributed by atoms with van der Waals surface area (Å²) < 4.78 is 5.22. The van der Waals surface area contributed by atoms with Gasteiger partial charge in [-0.25, -0.2) is 4.79 Å². The third kappa shape index (κ3) is 7.71. The van der Waals surface area contributed by atoms with Crippen molar-refractivity contribution in [3.63, 3.8) is 0 Å². The van der Waals surface area contributed by atoms with Crippen molar-refractivity contribution in [3.8, 4) is 0 Å². The average Bonchev–Trinajstić information content (AvgIpc) is 2.36. The molecule has 21 heavy (non-hydrogen) atoms. The van der Waals surface area contributed by atoms with Gasteiger partial charge in [-0.1, -0.05) is 25.5 Å². The summed E-state index contributed by atoms with van der Waals surface area (Å²) in [6.45, 7) is 10.8. The van der Waals surface area contributed by atoms with E-state index >= 15 is 0 Å². The zero-order chi connectivity index (χ0) is 15.9. The smallest absolute Gasteiger partial charge is 0.412 e. The third-order valence-corrected chi connectivity index (χ3v) is 2.98. The van der Waals surface area contributed by atoms with Gasteiger partial charge in [-0.05, 0) is 51.8 Å². The number of nitrogens with one attached hydrogen (secondary N) is 2. The summed E-state index contributed by atoms with van der Waals surface area (Å²) in [7, 11) is 0. The summed E-state index contributed by atoms with van der Waals surface area (Å²) >= 11 is 0. The zero-order valence-electron chi connectivity index (χ0n) is 13.8. The van der Waals surface area contributed by atoms with Crippen LogP contribution in [0.25, 0.3) is 0 Å². The van der Waals surface area contributed by atoms with Crippen LogP contribution < -0.4 is 10.6 Å². The third-order valence-electron chi connectivity index (χ3n) is 2.98. The molecule has 0 saturated heterocycles. The summed E-state index contributed by atoms with van der Waals surface area (Å²) in [6.07, 6.45) is 1.94. The number of benzene rings is 1. The van der Waals surface area contributed by atoms with E-state index in [1.54, 1.807) is 0 Å². The molecule has 1 amide bonds. The standard InChI is InChI=1S/C17H28N2O2/c1-6-7-13(2)18-12-14-8-10-15(11-9-14)19-16(20)21-17(3,4)5/h8-11,13,18H,6-7,12H2,1-5H3,(H,19,20). The maximum absolute atomic E-state index is 11.7. The lowest BCUT2D eigenvalue weighted by molar-refractivity contribution is 0.0636. The predicted octanol–water partition coefficient (Wildman–Crippen LogP) is 4.31. The van der Waals surface area contributed by atoms with E-state index in [9.17, 15) is 4.79 Å². The quantitative estimate of drug-likeness (QED) is 0.821. The summed E-state index contributed by atoms with van der Waals surface area (Å²) in [6, 6.07) is 8.34. The second-order valence-electron chi connectivity index (χ2n) is 6.39. The van der Waals surface area contributed by atoms with Crippen molar-refractivity contribution in [3.05, 3.63) is 29.8 Å². The first-order chi connectivity index (χ1) is 9.80. The highest BCUT2D eigenvalue weighted by Gasteiger charge is 2.16. The van der Waals surface area contributed by atoms with Crippen LogP contribution in [0.15, 0.2) is 24.3 Å². The minimum Gasteiger partial charge on any atom is -0.444 e. The van der Waals surface area contributed by atoms with Gasteiger partial charge in [0, 0.05) is 18.3 Å². The monoisotopic (exact) mass is 292 g/mol. The Balaban J connectivity index is 2.45. The van der Waals surface area contributed by atoms with Gasteiger partial charge in [0.25, 0.3) is 0 Å². The van der Waals surface area contributed by atoms with Crippen molar-refractivity contribution in [1.29, 1.82) is 0 Å². The highest BCUT2D eigenvalue weighted by molar-refractivity contribution is 5.84. The van der Waals surface area contributed by atoms with Crippen LogP contribution in [0.3, 0.4) is 0 Å². The Morgan fingerprint density at radius 1 is 1.24 bits per heavy atom. The van der Waals surface area contributed by atoms with Crippen LogP contribution in [0.1, 0.15) is 53.0 Å². The van der Waals surface area contributed by atoms with Crippen molar-refractivity contribution in [2.24, 2.45) is 0 Å². The lowest BCUT2D eigenvalue weighted by Crippen LogP contribution is -2.27. The molecule has 0 saturated carbocycles. The molecule has 4 heteroatoms. The highest BCUT2D eigenvalue weighted by atomic mass is 16.6. The lowest BCUT2D eigenvalue weighted by atomic mass is 10.1. The van der Waals surface area contributed by atoms with Crippen LogP contribution in [0.2, 0.25) is 0 Å². The van der Waals surface area contributed by atoms with Crippen LogP contribution >= 0.6 is 0 Å². The summed E-state index contributed by atoms with van der Waals surface area (Å²) in [5.74, 6) is 0. The fourth-order valence-electron chi connectivity index (χ4n) is 1.95. The number of anilines is 1. The normalized spacial score (nSPS) is 12.8. The molecule has 0 spiro atoms. The first kappa shape index (κ1) is 17.5.